The van der Waals surface area contributed by atoms with E-state index in [0.717, 1.165) is 16.6 Å². The minimum atomic E-state index is -0.374. The van der Waals surface area contributed by atoms with Gasteiger partial charge in [-0.1, -0.05) is 18.2 Å². The molecule has 0 radical (unpaired) electrons. The molecule has 1 aromatic heterocycles. The standard InChI is InChI=1S/C19H19NO5/c1-20-14-9-12(7-8-15(14)25-19(20)21)5-6-13-10-16(22-2)18(24-4)17(11-13)23-3/h5-11H,1-4H3/b6-5+. The minimum absolute atomic E-state index is 0.374. The van der Waals surface area contributed by atoms with Crippen molar-refractivity contribution in [3.63, 3.8) is 0 Å². The maximum atomic E-state index is 11.6. The largest absolute Gasteiger partial charge is 0.493 e. The summed E-state index contributed by atoms with van der Waals surface area (Å²) >= 11 is 0. The van der Waals surface area contributed by atoms with Crippen LogP contribution in [0.15, 0.2) is 39.5 Å². The second kappa shape index (κ2) is 6.76. The predicted molar refractivity (Wildman–Crippen MR) is 96.5 cm³/mol. The molecular formula is C19H19NO5. The highest BCUT2D eigenvalue weighted by Gasteiger charge is 2.12. The molecule has 6 heteroatoms. The van der Waals surface area contributed by atoms with Crippen LogP contribution in [-0.2, 0) is 7.05 Å². The van der Waals surface area contributed by atoms with Crippen molar-refractivity contribution in [2.45, 2.75) is 0 Å². The smallest absolute Gasteiger partial charge is 0.419 e. The molecule has 0 saturated carbocycles. The second-order valence-electron chi connectivity index (χ2n) is 5.45. The first-order chi connectivity index (χ1) is 12.1. The van der Waals surface area contributed by atoms with E-state index in [4.69, 9.17) is 18.6 Å². The van der Waals surface area contributed by atoms with E-state index in [1.165, 1.54) is 4.57 Å². The zero-order chi connectivity index (χ0) is 18.0. The zero-order valence-electron chi connectivity index (χ0n) is 14.5. The summed E-state index contributed by atoms with van der Waals surface area (Å²) in [5, 5.41) is 0. The highest BCUT2D eigenvalue weighted by atomic mass is 16.5. The summed E-state index contributed by atoms with van der Waals surface area (Å²) in [6.45, 7) is 0. The van der Waals surface area contributed by atoms with Gasteiger partial charge in [-0.3, -0.25) is 4.57 Å². The van der Waals surface area contributed by atoms with E-state index in [-0.39, 0.29) is 5.76 Å². The number of aryl methyl sites for hydroxylation is 1. The van der Waals surface area contributed by atoms with Crippen molar-refractivity contribution in [1.29, 1.82) is 0 Å². The van der Waals surface area contributed by atoms with Gasteiger partial charge in [-0.25, -0.2) is 4.79 Å². The van der Waals surface area contributed by atoms with Gasteiger partial charge in [0, 0.05) is 7.05 Å². The molecule has 0 unspecified atom stereocenters. The maximum absolute atomic E-state index is 11.6. The highest BCUT2D eigenvalue weighted by Crippen LogP contribution is 2.38. The fraction of sp³-hybridized carbons (Fsp3) is 0.211. The van der Waals surface area contributed by atoms with Gasteiger partial charge >= 0.3 is 5.76 Å². The molecule has 0 N–H and O–H groups in total. The van der Waals surface area contributed by atoms with Gasteiger partial charge in [0.05, 0.1) is 26.8 Å². The number of ether oxygens (including phenoxy) is 3. The first-order valence-electron chi connectivity index (χ1n) is 7.65. The number of benzene rings is 2. The molecule has 3 rings (SSSR count). The SMILES string of the molecule is COc1cc(/C=C/c2ccc3oc(=O)n(C)c3c2)cc(OC)c1OC. The Kier molecular flexibility index (Phi) is 4.52. The molecule has 25 heavy (non-hydrogen) atoms. The van der Waals surface area contributed by atoms with Gasteiger partial charge in [-0.2, -0.15) is 0 Å². The Balaban J connectivity index is 1.99. The molecular weight excluding hydrogens is 322 g/mol. The van der Waals surface area contributed by atoms with Gasteiger partial charge in [-0.15, -0.1) is 0 Å². The third kappa shape index (κ3) is 3.10. The number of fused-ring (bicyclic) bond motifs is 1. The number of hydrogen-bond acceptors (Lipinski definition) is 5. The van der Waals surface area contributed by atoms with Crippen LogP contribution in [-0.4, -0.2) is 25.9 Å². The van der Waals surface area contributed by atoms with E-state index in [1.807, 2.05) is 36.4 Å². The normalized spacial score (nSPS) is 11.2. The van der Waals surface area contributed by atoms with Gasteiger partial charge < -0.3 is 18.6 Å². The van der Waals surface area contributed by atoms with Crippen LogP contribution in [0.2, 0.25) is 0 Å². The molecule has 0 fully saturated rings. The lowest BCUT2D eigenvalue weighted by Crippen LogP contribution is -2.08. The van der Waals surface area contributed by atoms with Crippen molar-refractivity contribution in [3.05, 3.63) is 52.0 Å². The summed E-state index contributed by atoms with van der Waals surface area (Å²) in [6, 6.07) is 9.30. The highest BCUT2D eigenvalue weighted by molar-refractivity contribution is 5.80. The second-order valence-corrected chi connectivity index (χ2v) is 5.45. The Morgan fingerprint density at radius 1 is 0.920 bits per heavy atom. The number of nitrogens with zero attached hydrogens (tertiary/aromatic N) is 1. The number of methoxy groups -OCH3 is 3. The van der Waals surface area contributed by atoms with Crippen molar-refractivity contribution < 1.29 is 18.6 Å². The number of aromatic nitrogens is 1. The number of hydrogen-bond donors (Lipinski definition) is 0. The van der Waals surface area contributed by atoms with Crippen LogP contribution in [0.5, 0.6) is 17.2 Å². The van der Waals surface area contributed by atoms with E-state index in [9.17, 15) is 4.79 Å². The average Bonchev–Trinajstić information content (AvgIpc) is 2.92. The molecule has 0 saturated heterocycles. The molecule has 0 bridgehead atoms. The lowest BCUT2D eigenvalue weighted by atomic mass is 10.1. The van der Waals surface area contributed by atoms with Gasteiger partial charge in [0.2, 0.25) is 5.75 Å². The van der Waals surface area contributed by atoms with Crippen LogP contribution in [0.4, 0.5) is 0 Å². The molecule has 130 valence electrons. The summed E-state index contributed by atoms with van der Waals surface area (Å²) in [7, 11) is 6.41. The average molecular weight is 341 g/mol. The van der Waals surface area contributed by atoms with E-state index >= 15 is 0 Å². The fourth-order valence-electron chi connectivity index (χ4n) is 2.64. The van der Waals surface area contributed by atoms with E-state index in [0.29, 0.717) is 22.8 Å². The molecule has 0 amide bonds. The van der Waals surface area contributed by atoms with Crippen LogP contribution in [0.3, 0.4) is 0 Å². The number of oxazole rings is 1. The first-order valence-corrected chi connectivity index (χ1v) is 7.65. The predicted octanol–water partition coefficient (Wildman–Crippen LogP) is 3.33. The van der Waals surface area contributed by atoms with Crippen LogP contribution in [0.1, 0.15) is 11.1 Å². The van der Waals surface area contributed by atoms with E-state index in [2.05, 4.69) is 0 Å². The van der Waals surface area contributed by atoms with Crippen LogP contribution >= 0.6 is 0 Å². The molecule has 0 spiro atoms. The third-order valence-corrected chi connectivity index (χ3v) is 3.97. The Bertz CT molecular complexity index is 972. The van der Waals surface area contributed by atoms with Gasteiger partial charge in [0.1, 0.15) is 0 Å². The van der Waals surface area contributed by atoms with Crippen molar-refractivity contribution in [2.24, 2.45) is 7.05 Å². The third-order valence-electron chi connectivity index (χ3n) is 3.97. The van der Waals surface area contributed by atoms with Crippen LogP contribution < -0.4 is 20.0 Å². The van der Waals surface area contributed by atoms with Crippen molar-refractivity contribution >= 4 is 23.3 Å². The minimum Gasteiger partial charge on any atom is -0.493 e. The van der Waals surface area contributed by atoms with Crippen molar-refractivity contribution in [3.8, 4) is 17.2 Å². The van der Waals surface area contributed by atoms with Gasteiger partial charge in [-0.05, 0) is 35.4 Å². The molecule has 6 nitrogen and oxygen atoms in total. The molecule has 0 aliphatic rings. The molecule has 2 aromatic carbocycles. The Morgan fingerprint density at radius 2 is 1.56 bits per heavy atom. The first kappa shape index (κ1) is 16.7. The van der Waals surface area contributed by atoms with Crippen molar-refractivity contribution in [1.82, 2.24) is 4.57 Å². The monoisotopic (exact) mass is 341 g/mol. The molecule has 0 aliphatic heterocycles. The van der Waals surface area contributed by atoms with Crippen molar-refractivity contribution in [2.75, 3.05) is 21.3 Å². The van der Waals surface area contributed by atoms with E-state index in [1.54, 1.807) is 34.4 Å². The lowest BCUT2D eigenvalue weighted by molar-refractivity contribution is 0.324. The zero-order valence-corrected chi connectivity index (χ0v) is 14.5. The summed E-state index contributed by atoms with van der Waals surface area (Å²) < 4.78 is 22.7. The Hall–Kier alpha value is -3.15. The van der Waals surface area contributed by atoms with Crippen LogP contribution in [0.25, 0.3) is 23.3 Å². The maximum Gasteiger partial charge on any atom is 0.419 e. The lowest BCUT2D eigenvalue weighted by Gasteiger charge is -2.12. The van der Waals surface area contributed by atoms with Crippen LogP contribution in [0, 0.1) is 0 Å². The Labute approximate surface area is 144 Å². The Morgan fingerprint density at radius 3 is 2.16 bits per heavy atom. The fourth-order valence-corrected chi connectivity index (χ4v) is 2.64. The molecule has 0 atom stereocenters. The topological polar surface area (TPSA) is 62.8 Å². The quantitative estimate of drug-likeness (QED) is 0.666. The molecule has 1 heterocycles. The van der Waals surface area contributed by atoms with Gasteiger partial charge in [0.15, 0.2) is 17.1 Å². The molecule has 0 aliphatic carbocycles. The molecule has 3 aromatic rings. The van der Waals surface area contributed by atoms with E-state index < -0.39 is 0 Å². The number of rotatable bonds is 5. The summed E-state index contributed by atoms with van der Waals surface area (Å²) in [5.41, 5.74) is 3.16. The summed E-state index contributed by atoms with van der Waals surface area (Å²) in [4.78, 5) is 11.6. The summed E-state index contributed by atoms with van der Waals surface area (Å²) in [6.07, 6.45) is 3.88. The summed E-state index contributed by atoms with van der Waals surface area (Å²) in [5.74, 6) is 1.36. The van der Waals surface area contributed by atoms with Gasteiger partial charge in [0.25, 0.3) is 0 Å².